The van der Waals surface area contributed by atoms with E-state index in [1.165, 1.54) is 7.11 Å². The molecule has 0 saturated heterocycles. The van der Waals surface area contributed by atoms with Crippen molar-refractivity contribution >= 4 is 41.8 Å². The van der Waals surface area contributed by atoms with Crippen LogP contribution >= 0.6 is 24.0 Å². The highest BCUT2D eigenvalue weighted by Gasteiger charge is 2.08. The number of rotatable bonds is 6. The monoisotopic (exact) mass is 510 g/mol. The minimum absolute atomic E-state index is 0. The molecular formula is C21H27IN4O3. The molecule has 0 aliphatic rings. The van der Waals surface area contributed by atoms with E-state index < -0.39 is 0 Å². The molecule has 2 rings (SSSR count). The van der Waals surface area contributed by atoms with E-state index in [1.807, 2.05) is 36.4 Å². The molecule has 29 heavy (non-hydrogen) atoms. The van der Waals surface area contributed by atoms with E-state index in [0.717, 1.165) is 11.1 Å². The van der Waals surface area contributed by atoms with Gasteiger partial charge in [0.05, 0.1) is 12.7 Å². The first-order valence-corrected chi connectivity index (χ1v) is 8.87. The van der Waals surface area contributed by atoms with Gasteiger partial charge in [0.25, 0.3) is 5.91 Å². The molecule has 7 nitrogen and oxygen atoms in total. The fourth-order valence-electron chi connectivity index (χ4n) is 2.49. The summed E-state index contributed by atoms with van der Waals surface area (Å²) in [5, 5.41) is 6.46. The van der Waals surface area contributed by atoms with Crippen molar-refractivity contribution in [2.24, 2.45) is 4.99 Å². The van der Waals surface area contributed by atoms with Crippen LogP contribution in [0.25, 0.3) is 0 Å². The smallest absolute Gasteiger partial charge is 0.337 e. The van der Waals surface area contributed by atoms with E-state index in [1.54, 1.807) is 38.2 Å². The Morgan fingerprint density at radius 3 is 1.72 bits per heavy atom. The van der Waals surface area contributed by atoms with Gasteiger partial charge in [0.2, 0.25) is 0 Å². The number of amides is 1. The average molecular weight is 510 g/mol. The maximum Gasteiger partial charge on any atom is 0.337 e. The van der Waals surface area contributed by atoms with Crippen molar-refractivity contribution in [3.05, 3.63) is 70.8 Å². The average Bonchev–Trinajstić information content (AvgIpc) is 2.73. The van der Waals surface area contributed by atoms with Crippen LogP contribution in [-0.4, -0.2) is 51.0 Å². The summed E-state index contributed by atoms with van der Waals surface area (Å²) in [5.41, 5.74) is 3.24. The predicted molar refractivity (Wildman–Crippen MR) is 125 cm³/mol. The van der Waals surface area contributed by atoms with Crippen molar-refractivity contribution in [3.63, 3.8) is 0 Å². The van der Waals surface area contributed by atoms with E-state index in [-0.39, 0.29) is 35.9 Å². The van der Waals surface area contributed by atoms with Gasteiger partial charge in [-0.15, -0.1) is 24.0 Å². The molecule has 0 radical (unpaired) electrons. The standard InChI is InChI=1S/C21H26N4O3.HI/c1-22-21(24-14-16-7-11-18(12-8-16)20(27)28-4)23-13-15-5-9-17(10-6-15)19(26)25(2)3;/h5-12H,13-14H2,1-4H3,(H2,22,23,24);1H. The zero-order valence-corrected chi connectivity index (χ0v) is 19.4. The third-order valence-corrected chi connectivity index (χ3v) is 4.13. The van der Waals surface area contributed by atoms with Gasteiger partial charge in [-0.2, -0.15) is 0 Å². The molecule has 0 saturated carbocycles. The fraction of sp³-hybridized carbons (Fsp3) is 0.286. The fourth-order valence-corrected chi connectivity index (χ4v) is 2.49. The van der Waals surface area contributed by atoms with Gasteiger partial charge in [0, 0.05) is 39.8 Å². The highest BCUT2D eigenvalue weighted by molar-refractivity contribution is 14.0. The lowest BCUT2D eigenvalue weighted by molar-refractivity contribution is 0.0600. The number of methoxy groups -OCH3 is 1. The molecule has 2 N–H and O–H groups in total. The first-order chi connectivity index (χ1) is 13.4. The molecule has 0 aromatic heterocycles. The second kappa shape index (κ2) is 12.1. The molecule has 8 heteroatoms. The summed E-state index contributed by atoms with van der Waals surface area (Å²) in [4.78, 5) is 29.1. The summed E-state index contributed by atoms with van der Waals surface area (Å²) in [6.45, 7) is 1.15. The van der Waals surface area contributed by atoms with Gasteiger partial charge in [0.15, 0.2) is 5.96 Å². The second-order valence-electron chi connectivity index (χ2n) is 6.36. The molecule has 2 aromatic carbocycles. The van der Waals surface area contributed by atoms with Crippen LogP contribution in [-0.2, 0) is 17.8 Å². The zero-order valence-electron chi connectivity index (χ0n) is 17.1. The number of ether oxygens (including phenoxy) is 1. The summed E-state index contributed by atoms with van der Waals surface area (Å²) in [5.74, 6) is 0.288. The third kappa shape index (κ3) is 7.37. The molecule has 2 aromatic rings. The highest BCUT2D eigenvalue weighted by Crippen LogP contribution is 2.07. The number of halogens is 1. The molecular weight excluding hydrogens is 483 g/mol. The predicted octanol–water partition coefficient (Wildman–Crippen LogP) is 2.66. The number of hydrogen-bond acceptors (Lipinski definition) is 4. The Hall–Kier alpha value is -2.62. The Kier molecular flexibility index (Phi) is 10.1. The number of carbonyl (C=O) groups excluding carboxylic acids is 2. The van der Waals surface area contributed by atoms with Crippen LogP contribution in [0.4, 0.5) is 0 Å². The van der Waals surface area contributed by atoms with Crippen LogP contribution in [0.3, 0.4) is 0 Å². The van der Waals surface area contributed by atoms with Gasteiger partial charge >= 0.3 is 5.97 Å². The van der Waals surface area contributed by atoms with E-state index in [9.17, 15) is 9.59 Å². The normalized spacial score (nSPS) is 10.6. The maximum atomic E-state index is 11.9. The van der Waals surface area contributed by atoms with Crippen LogP contribution in [0, 0.1) is 0 Å². The van der Waals surface area contributed by atoms with Crippen molar-refractivity contribution in [2.45, 2.75) is 13.1 Å². The quantitative estimate of drug-likeness (QED) is 0.270. The van der Waals surface area contributed by atoms with Gasteiger partial charge in [0.1, 0.15) is 0 Å². The van der Waals surface area contributed by atoms with Gasteiger partial charge < -0.3 is 20.3 Å². The van der Waals surface area contributed by atoms with Gasteiger partial charge in [-0.1, -0.05) is 24.3 Å². The topological polar surface area (TPSA) is 83.0 Å². The molecule has 0 aliphatic heterocycles. The first kappa shape index (κ1) is 24.4. The summed E-state index contributed by atoms with van der Waals surface area (Å²) in [7, 11) is 6.53. The molecule has 0 atom stereocenters. The van der Waals surface area contributed by atoms with E-state index in [2.05, 4.69) is 15.6 Å². The lowest BCUT2D eigenvalue weighted by Gasteiger charge is -2.13. The third-order valence-electron chi connectivity index (χ3n) is 4.13. The molecule has 1 amide bonds. The number of carbonyl (C=O) groups is 2. The largest absolute Gasteiger partial charge is 0.465 e. The van der Waals surface area contributed by atoms with E-state index in [4.69, 9.17) is 4.74 Å². The van der Waals surface area contributed by atoms with Gasteiger partial charge in [-0.3, -0.25) is 9.79 Å². The van der Waals surface area contributed by atoms with Crippen LogP contribution < -0.4 is 10.6 Å². The number of benzene rings is 2. The van der Waals surface area contributed by atoms with Crippen LogP contribution in [0.2, 0.25) is 0 Å². The number of guanidine groups is 1. The Labute approximate surface area is 188 Å². The summed E-state index contributed by atoms with van der Waals surface area (Å²) in [6, 6.07) is 14.7. The summed E-state index contributed by atoms with van der Waals surface area (Å²) < 4.78 is 4.69. The Morgan fingerprint density at radius 2 is 1.34 bits per heavy atom. The second-order valence-corrected chi connectivity index (χ2v) is 6.36. The van der Waals surface area contributed by atoms with Crippen molar-refractivity contribution in [3.8, 4) is 0 Å². The first-order valence-electron chi connectivity index (χ1n) is 8.87. The van der Waals surface area contributed by atoms with Crippen LogP contribution in [0.15, 0.2) is 53.5 Å². The molecule has 156 valence electrons. The van der Waals surface area contributed by atoms with Crippen molar-refractivity contribution in [1.82, 2.24) is 15.5 Å². The van der Waals surface area contributed by atoms with Crippen LogP contribution in [0.1, 0.15) is 31.8 Å². The zero-order chi connectivity index (χ0) is 20.5. The highest BCUT2D eigenvalue weighted by atomic mass is 127. The molecule has 0 unspecified atom stereocenters. The number of nitrogens with one attached hydrogen (secondary N) is 2. The number of esters is 1. The van der Waals surface area contributed by atoms with E-state index in [0.29, 0.717) is 30.2 Å². The van der Waals surface area contributed by atoms with Crippen molar-refractivity contribution < 1.29 is 14.3 Å². The number of aliphatic imine (C=N–C) groups is 1. The van der Waals surface area contributed by atoms with Gasteiger partial charge in [-0.05, 0) is 35.4 Å². The maximum absolute atomic E-state index is 11.9. The molecule has 0 spiro atoms. The minimum Gasteiger partial charge on any atom is -0.465 e. The lowest BCUT2D eigenvalue weighted by atomic mass is 10.1. The van der Waals surface area contributed by atoms with Crippen LogP contribution in [0.5, 0.6) is 0 Å². The lowest BCUT2D eigenvalue weighted by Crippen LogP contribution is -2.36. The van der Waals surface area contributed by atoms with Crippen molar-refractivity contribution in [1.29, 1.82) is 0 Å². The summed E-state index contributed by atoms with van der Waals surface area (Å²) in [6.07, 6.45) is 0. The Morgan fingerprint density at radius 1 is 0.897 bits per heavy atom. The molecule has 0 aliphatic carbocycles. The van der Waals surface area contributed by atoms with Gasteiger partial charge in [-0.25, -0.2) is 4.79 Å². The number of hydrogen-bond donors (Lipinski definition) is 2. The molecule has 0 heterocycles. The molecule has 0 bridgehead atoms. The Bertz CT molecular complexity index is 834. The van der Waals surface area contributed by atoms with Crippen molar-refractivity contribution in [2.75, 3.05) is 28.3 Å². The summed E-state index contributed by atoms with van der Waals surface area (Å²) >= 11 is 0. The SMILES string of the molecule is CN=C(NCc1ccc(C(=O)OC)cc1)NCc1ccc(C(=O)N(C)C)cc1.I. The Balaban J connectivity index is 0.00000420. The van der Waals surface area contributed by atoms with E-state index >= 15 is 0 Å². The molecule has 0 fully saturated rings. The minimum atomic E-state index is -0.352. The number of nitrogens with zero attached hydrogens (tertiary/aromatic N) is 2.